The van der Waals surface area contributed by atoms with Crippen LogP contribution in [-0.2, 0) is 0 Å². The number of rotatable bonds is 3. The zero-order valence-electron chi connectivity index (χ0n) is 13.0. The summed E-state index contributed by atoms with van der Waals surface area (Å²) in [6.07, 6.45) is 5.20. The monoisotopic (exact) mass is 351 g/mol. The fraction of sp³-hybridized carbons (Fsp3) is 0. The van der Waals surface area contributed by atoms with Gasteiger partial charge in [-0.3, -0.25) is 15.0 Å². The quantitative estimate of drug-likeness (QED) is 0.530. The maximum atomic E-state index is 12.1. The number of hydrogen-bond donors (Lipinski definition) is 3. The van der Waals surface area contributed by atoms with Crippen molar-refractivity contribution >= 4 is 34.8 Å². The van der Waals surface area contributed by atoms with E-state index in [1.807, 2.05) is 36.5 Å². The molecular formula is C19H14ClN3O2. The molecule has 6 heteroatoms. The average Bonchev–Trinajstić information content (AvgIpc) is 3.20. The van der Waals surface area contributed by atoms with E-state index < -0.39 is 0 Å². The summed E-state index contributed by atoms with van der Waals surface area (Å²) >= 11 is 5.86. The Balaban J connectivity index is 1.78. The first-order valence-electron chi connectivity index (χ1n) is 7.68. The number of aromatic nitrogens is 3. The summed E-state index contributed by atoms with van der Waals surface area (Å²) in [5.41, 5.74) is 1.74. The first kappa shape index (κ1) is 15.4. The largest absolute Gasteiger partial charge is 0.463 e. The first-order chi connectivity index (χ1) is 12.2. The van der Waals surface area contributed by atoms with Crippen molar-refractivity contribution in [3.05, 3.63) is 86.2 Å². The Labute approximate surface area is 147 Å². The van der Waals surface area contributed by atoms with E-state index in [1.54, 1.807) is 24.3 Å². The molecule has 0 aliphatic heterocycles. The Bertz CT molecular complexity index is 1200. The number of para-hydroxylation sites is 1. The molecular weight excluding hydrogens is 338 g/mol. The zero-order valence-corrected chi connectivity index (χ0v) is 13.8. The van der Waals surface area contributed by atoms with Crippen molar-refractivity contribution in [2.24, 2.45) is 0 Å². The van der Waals surface area contributed by atoms with Crippen molar-refractivity contribution in [2.45, 2.75) is 0 Å². The second-order valence-corrected chi connectivity index (χ2v) is 5.97. The van der Waals surface area contributed by atoms with Gasteiger partial charge in [0.25, 0.3) is 5.56 Å². The highest BCUT2D eigenvalue weighted by atomic mass is 35.5. The molecule has 2 aromatic heterocycles. The number of aromatic amines is 3. The van der Waals surface area contributed by atoms with E-state index in [0.29, 0.717) is 21.3 Å². The average molecular weight is 352 g/mol. The SMILES string of the molecule is O=c1[nH][nH]c(=COc2ccc(Cl)cc2)c1=Cc1c[nH]c2ccccc12. The third-order valence-corrected chi connectivity index (χ3v) is 4.15. The van der Waals surface area contributed by atoms with Gasteiger partial charge in [-0.2, -0.15) is 0 Å². The summed E-state index contributed by atoms with van der Waals surface area (Å²) in [7, 11) is 0. The molecule has 0 spiro atoms. The standard InChI is InChI=1S/C19H14ClN3O2/c20-13-5-7-14(8-6-13)25-11-18-16(19(24)23-22-18)9-12-10-21-17-4-2-1-3-15(12)17/h1-11,21-22H,(H,23,24). The van der Waals surface area contributed by atoms with Gasteiger partial charge >= 0.3 is 0 Å². The topological polar surface area (TPSA) is 73.7 Å². The van der Waals surface area contributed by atoms with Crippen LogP contribution in [0.1, 0.15) is 5.56 Å². The van der Waals surface area contributed by atoms with Gasteiger partial charge in [0.05, 0.1) is 5.22 Å². The van der Waals surface area contributed by atoms with E-state index in [2.05, 4.69) is 15.2 Å². The van der Waals surface area contributed by atoms with Gasteiger partial charge in [0, 0.05) is 27.7 Å². The number of fused-ring (bicyclic) bond motifs is 1. The molecule has 0 atom stereocenters. The van der Waals surface area contributed by atoms with Crippen molar-refractivity contribution < 1.29 is 4.74 Å². The number of ether oxygens (including phenoxy) is 1. The number of nitrogens with one attached hydrogen (secondary N) is 3. The summed E-state index contributed by atoms with van der Waals surface area (Å²) in [6, 6.07) is 14.9. The predicted molar refractivity (Wildman–Crippen MR) is 99.1 cm³/mol. The molecule has 3 N–H and O–H groups in total. The van der Waals surface area contributed by atoms with Crippen LogP contribution in [0.25, 0.3) is 23.2 Å². The number of halogens is 1. The van der Waals surface area contributed by atoms with Gasteiger partial charge in [0.1, 0.15) is 17.4 Å². The lowest BCUT2D eigenvalue weighted by Gasteiger charge is -1.98. The smallest absolute Gasteiger partial charge is 0.271 e. The van der Waals surface area contributed by atoms with Crippen LogP contribution in [-0.4, -0.2) is 15.2 Å². The Morgan fingerprint density at radius 3 is 2.64 bits per heavy atom. The minimum absolute atomic E-state index is 0.212. The number of benzene rings is 2. The molecule has 0 saturated heterocycles. The van der Waals surface area contributed by atoms with Gasteiger partial charge in [0.15, 0.2) is 0 Å². The van der Waals surface area contributed by atoms with Crippen LogP contribution in [0, 0.1) is 0 Å². The third kappa shape index (κ3) is 3.09. The highest BCUT2D eigenvalue weighted by molar-refractivity contribution is 6.30. The predicted octanol–water partition coefficient (Wildman–Crippen LogP) is 2.48. The summed E-state index contributed by atoms with van der Waals surface area (Å²) in [4.78, 5) is 15.3. The van der Waals surface area contributed by atoms with Crippen LogP contribution < -0.4 is 20.9 Å². The molecule has 4 aromatic rings. The molecule has 2 aromatic carbocycles. The van der Waals surface area contributed by atoms with Gasteiger partial charge in [-0.1, -0.05) is 29.8 Å². The molecule has 124 valence electrons. The van der Waals surface area contributed by atoms with Gasteiger partial charge in [-0.05, 0) is 36.4 Å². The van der Waals surface area contributed by atoms with Crippen molar-refractivity contribution in [2.75, 3.05) is 0 Å². The second-order valence-electron chi connectivity index (χ2n) is 5.53. The molecule has 0 amide bonds. The molecule has 0 radical (unpaired) electrons. The molecule has 25 heavy (non-hydrogen) atoms. The molecule has 0 fully saturated rings. The van der Waals surface area contributed by atoms with Crippen molar-refractivity contribution in [1.82, 2.24) is 15.2 Å². The highest BCUT2D eigenvalue weighted by Gasteiger charge is 2.02. The van der Waals surface area contributed by atoms with E-state index in [9.17, 15) is 4.79 Å². The normalized spacial score (nSPS) is 12.8. The third-order valence-electron chi connectivity index (χ3n) is 3.89. The first-order valence-corrected chi connectivity index (χ1v) is 8.05. The van der Waals surface area contributed by atoms with Crippen LogP contribution in [0.4, 0.5) is 0 Å². The lowest BCUT2D eigenvalue weighted by atomic mass is 10.1. The fourth-order valence-electron chi connectivity index (χ4n) is 2.63. The fourth-order valence-corrected chi connectivity index (χ4v) is 2.75. The van der Waals surface area contributed by atoms with E-state index in [4.69, 9.17) is 16.3 Å². The number of H-pyrrole nitrogens is 3. The molecule has 4 rings (SSSR count). The van der Waals surface area contributed by atoms with Gasteiger partial charge in [-0.15, -0.1) is 0 Å². The molecule has 0 aliphatic carbocycles. The van der Waals surface area contributed by atoms with Crippen LogP contribution in [0.5, 0.6) is 5.75 Å². The van der Waals surface area contributed by atoms with Crippen LogP contribution in [0.2, 0.25) is 5.02 Å². The Morgan fingerprint density at radius 2 is 1.80 bits per heavy atom. The number of hydrogen-bond acceptors (Lipinski definition) is 2. The Morgan fingerprint density at radius 1 is 1.00 bits per heavy atom. The zero-order chi connectivity index (χ0) is 17.2. The molecule has 0 aliphatic rings. The van der Waals surface area contributed by atoms with E-state index in [-0.39, 0.29) is 5.56 Å². The van der Waals surface area contributed by atoms with Gasteiger partial charge in [-0.25, -0.2) is 0 Å². The van der Waals surface area contributed by atoms with Crippen LogP contribution >= 0.6 is 11.6 Å². The summed E-state index contributed by atoms with van der Waals surface area (Å²) in [5.74, 6) is 0.629. The Hall–Kier alpha value is -3.18. The van der Waals surface area contributed by atoms with Crippen molar-refractivity contribution in [3.63, 3.8) is 0 Å². The maximum absolute atomic E-state index is 12.1. The van der Waals surface area contributed by atoms with Gasteiger partial charge in [0.2, 0.25) is 0 Å². The summed E-state index contributed by atoms with van der Waals surface area (Å²) < 4.78 is 5.61. The van der Waals surface area contributed by atoms with E-state index >= 15 is 0 Å². The lowest BCUT2D eigenvalue weighted by molar-refractivity contribution is 0.537. The molecule has 0 bridgehead atoms. The second kappa shape index (κ2) is 6.37. The van der Waals surface area contributed by atoms with Crippen LogP contribution in [0.3, 0.4) is 0 Å². The Kier molecular flexibility index (Phi) is 3.91. The minimum atomic E-state index is -0.212. The maximum Gasteiger partial charge on any atom is 0.271 e. The van der Waals surface area contributed by atoms with Crippen molar-refractivity contribution in [1.29, 1.82) is 0 Å². The molecule has 5 nitrogen and oxygen atoms in total. The van der Waals surface area contributed by atoms with Crippen LogP contribution in [0.15, 0.2) is 59.5 Å². The lowest BCUT2D eigenvalue weighted by Crippen LogP contribution is -2.33. The summed E-state index contributed by atoms with van der Waals surface area (Å²) in [5, 5.41) is 8.16. The minimum Gasteiger partial charge on any atom is -0.463 e. The molecule has 0 saturated carbocycles. The molecule has 0 unspecified atom stereocenters. The van der Waals surface area contributed by atoms with Crippen molar-refractivity contribution in [3.8, 4) is 5.75 Å². The van der Waals surface area contributed by atoms with E-state index in [1.165, 1.54) is 6.26 Å². The summed E-state index contributed by atoms with van der Waals surface area (Å²) in [6.45, 7) is 0. The van der Waals surface area contributed by atoms with E-state index in [0.717, 1.165) is 16.5 Å². The van der Waals surface area contributed by atoms with Gasteiger partial charge < -0.3 is 9.72 Å². The highest BCUT2D eigenvalue weighted by Crippen LogP contribution is 2.17. The molecule has 2 heterocycles.